The van der Waals surface area contributed by atoms with Crippen LogP contribution in [0.1, 0.15) is 33.6 Å². The van der Waals surface area contributed by atoms with Gasteiger partial charge in [0.1, 0.15) is 5.71 Å². The van der Waals surface area contributed by atoms with Gasteiger partial charge in [0.15, 0.2) is 0 Å². The molecule has 4 N–H and O–H groups in total. The molecule has 3 heterocycles. The summed E-state index contributed by atoms with van der Waals surface area (Å²) in [4.78, 5) is 7.04. The van der Waals surface area contributed by atoms with Gasteiger partial charge in [-0.15, -0.1) is 0 Å². The molecule has 1 aliphatic carbocycles. The van der Waals surface area contributed by atoms with Crippen LogP contribution < -0.4 is 5.84 Å². The van der Waals surface area contributed by atoms with E-state index in [1.807, 2.05) is 13.8 Å². The fourth-order valence-electron chi connectivity index (χ4n) is 4.22. The van der Waals surface area contributed by atoms with Crippen LogP contribution in [0.25, 0.3) is 0 Å². The normalized spacial score (nSPS) is 40.6. The van der Waals surface area contributed by atoms with Crippen LogP contribution >= 0.6 is 0 Å². The third-order valence-electron chi connectivity index (χ3n) is 5.28. The van der Waals surface area contributed by atoms with E-state index in [1.54, 1.807) is 13.1 Å². The number of aliphatic hydroxyl groups excluding tert-OH is 1. The summed E-state index contributed by atoms with van der Waals surface area (Å²) in [5, 5.41) is 23.6. The van der Waals surface area contributed by atoms with Gasteiger partial charge in [-0.3, -0.25) is 9.89 Å². The molecule has 4 aliphatic rings. The minimum Gasteiger partial charge on any atom is -0.389 e. The summed E-state index contributed by atoms with van der Waals surface area (Å²) in [5.74, 6) is 5.28. The number of ether oxygens (including phenoxy) is 1. The summed E-state index contributed by atoms with van der Waals surface area (Å²) in [6.07, 6.45) is 2.70. The molecule has 1 saturated carbocycles. The minimum absolute atomic E-state index is 0.00507. The maximum atomic E-state index is 10.4. The number of hydrogen-bond acceptors (Lipinski definition) is 7. The van der Waals surface area contributed by atoms with Gasteiger partial charge in [0.2, 0.25) is 0 Å². The smallest absolute Gasteiger partial charge is 0.106 e. The zero-order chi connectivity index (χ0) is 16.2. The fourth-order valence-corrected chi connectivity index (χ4v) is 4.22. The number of aliphatic imine (C=N–C) groups is 1. The maximum Gasteiger partial charge on any atom is 0.106 e. The highest BCUT2D eigenvalue weighted by molar-refractivity contribution is 6.32. The first kappa shape index (κ1) is 15.9. The lowest BCUT2D eigenvalue weighted by Gasteiger charge is -2.52. The van der Waals surface area contributed by atoms with Crippen molar-refractivity contribution in [3.63, 3.8) is 0 Å². The van der Waals surface area contributed by atoms with E-state index in [2.05, 4.69) is 15.0 Å². The predicted molar refractivity (Wildman–Crippen MR) is 84.1 cm³/mol. The van der Waals surface area contributed by atoms with Gasteiger partial charge in [-0.05, 0) is 33.6 Å². The lowest BCUT2D eigenvalue weighted by molar-refractivity contribution is -0.146. The molecule has 2 bridgehead atoms. The van der Waals surface area contributed by atoms with Crippen molar-refractivity contribution in [2.45, 2.75) is 62.4 Å². The molecule has 0 amide bonds. The molecule has 3 saturated heterocycles. The standard InChI is InChI=1S/C15H26N4O3/c1-10(20)11(18-16)4-17-14-6-15(7-14)9-22-5-12(13(2,3)21)19(15)8-14/h4,10,12,20-21H,5-9,16H2,1-3H3/b17-4?,18-11+/t10-,12?,14?,15?/m0/s1. The molecule has 1 unspecified atom stereocenters. The van der Waals surface area contributed by atoms with Gasteiger partial charge in [-0.1, -0.05) is 0 Å². The van der Waals surface area contributed by atoms with Crippen LogP contribution in [0.5, 0.6) is 0 Å². The van der Waals surface area contributed by atoms with Gasteiger partial charge in [0.25, 0.3) is 0 Å². The number of hydrazone groups is 1. The molecule has 7 nitrogen and oxygen atoms in total. The Morgan fingerprint density at radius 2 is 2.18 bits per heavy atom. The van der Waals surface area contributed by atoms with Crippen LogP contribution in [0.4, 0.5) is 0 Å². The number of nitrogens with zero attached hydrogens (tertiary/aromatic N) is 3. The molecule has 7 heteroatoms. The van der Waals surface area contributed by atoms with Crippen LogP contribution in [0.15, 0.2) is 10.1 Å². The number of rotatable bonds is 4. The van der Waals surface area contributed by atoms with E-state index < -0.39 is 11.7 Å². The molecule has 0 aromatic carbocycles. The average molecular weight is 310 g/mol. The first-order chi connectivity index (χ1) is 10.2. The Balaban J connectivity index is 1.78. The molecule has 2 atom stereocenters. The number of hydrogen-bond donors (Lipinski definition) is 3. The van der Waals surface area contributed by atoms with Gasteiger partial charge in [0, 0.05) is 18.3 Å². The van der Waals surface area contributed by atoms with E-state index >= 15 is 0 Å². The van der Waals surface area contributed by atoms with Crippen LogP contribution in [0, 0.1) is 0 Å². The summed E-state index contributed by atoms with van der Waals surface area (Å²) < 4.78 is 5.76. The first-order valence-corrected chi connectivity index (χ1v) is 7.79. The van der Waals surface area contributed by atoms with Crippen LogP contribution in [0.2, 0.25) is 0 Å². The summed E-state index contributed by atoms with van der Waals surface area (Å²) in [5.41, 5.74) is -0.581. The largest absolute Gasteiger partial charge is 0.389 e. The van der Waals surface area contributed by atoms with Gasteiger partial charge in [-0.2, -0.15) is 5.10 Å². The minimum atomic E-state index is -0.806. The Bertz CT molecular complexity index is 503. The van der Waals surface area contributed by atoms with Crippen molar-refractivity contribution in [2.24, 2.45) is 15.9 Å². The Kier molecular flexibility index (Phi) is 3.60. The van der Waals surface area contributed by atoms with Crippen molar-refractivity contribution in [1.82, 2.24) is 4.90 Å². The van der Waals surface area contributed by atoms with Crippen LogP contribution in [0.3, 0.4) is 0 Å². The lowest BCUT2D eigenvalue weighted by Crippen LogP contribution is -2.65. The highest BCUT2D eigenvalue weighted by Crippen LogP contribution is 2.58. The monoisotopic (exact) mass is 310 g/mol. The lowest BCUT2D eigenvalue weighted by atomic mass is 9.67. The number of nitrogens with two attached hydrogens (primary N) is 1. The third-order valence-corrected chi connectivity index (χ3v) is 5.28. The van der Waals surface area contributed by atoms with E-state index in [4.69, 9.17) is 10.6 Å². The second-order valence-corrected chi connectivity index (χ2v) is 7.60. The topological polar surface area (TPSA) is 104 Å². The molecule has 4 rings (SSSR count). The van der Waals surface area contributed by atoms with Gasteiger partial charge < -0.3 is 20.8 Å². The highest BCUT2D eigenvalue weighted by atomic mass is 16.5. The Morgan fingerprint density at radius 3 is 2.73 bits per heavy atom. The van der Waals surface area contributed by atoms with Crippen molar-refractivity contribution in [1.29, 1.82) is 0 Å². The Labute approximate surface area is 130 Å². The van der Waals surface area contributed by atoms with E-state index in [9.17, 15) is 10.2 Å². The molecule has 124 valence electrons. The molecule has 4 fully saturated rings. The molecule has 22 heavy (non-hydrogen) atoms. The second kappa shape index (κ2) is 4.99. The SMILES string of the molecule is C[C@H](O)/C(C=NC12CN3C(C(C)(C)O)COCC3(C1)C2)=N/N. The zero-order valence-electron chi connectivity index (χ0n) is 13.5. The first-order valence-electron chi connectivity index (χ1n) is 7.79. The highest BCUT2D eigenvalue weighted by Gasteiger charge is 2.69. The van der Waals surface area contributed by atoms with Gasteiger partial charge in [0.05, 0.1) is 36.5 Å². The van der Waals surface area contributed by atoms with Crippen molar-refractivity contribution >= 4 is 11.9 Å². The summed E-state index contributed by atoms with van der Waals surface area (Å²) in [6.45, 7) is 7.34. The summed E-state index contributed by atoms with van der Waals surface area (Å²) in [6, 6.07) is -0.0137. The molecule has 1 spiro atoms. The Hall–Kier alpha value is -1.02. The van der Waals surface area contributed by atoms with E-state index in [0.29, 0.717) is 18.9 Å². The van der Waals surface area contributed by atoms with Crippen molar-refractivity contribution in [3.05, 3.63) is 0 Å². The summed E-state index contributed by atoms with van der Waals surface area (Å²) >= 11 is 0. The van der Waals surface area contributed by atoms with Crippen LogP contribution in [-0.2, 0) is 4.74 Å². The fraction of sp³-hybridized carbons (Fsp3) is 0.867. The van der Waals surface area contributed by atoms with Crippen molar-refractivity contribution < 1.29 is 14.9 Å². The van der Waals surface area contributed by atoms with Crippen molar-refractivity contribution in [2.75, 3.05) is 19.8 Å². The van der Waals surface area contributed by atoms with E-state index in [0.717, 1.165) is 19.4 Å². The Morgan fingerprint density at radius 1 is 1.50 bits per heavy atom. The molecule has 3 aliphatic heterocycles. The van der Waals surface area contributed by atoms with Crippen LogP contribution in [-0.4, -0.2) is 75.6 Å². The third kappa shape index (κ3) is 2.36. The molecular formula is C15H26N4O3. The predicted octanol–water partition coefficient (Wildman–Crippen LogP) is -0.491. The zero-order valence-corrected chi connectivity index (χ0v) is 13.5. The molecule has 0 radical (unpaired) electrons. The van der Waals surface area contributed by atoms with E-state index in [1.165, 1.54) is 0 Å². The van der Waals surface area contributed by atoms with Gasteiger partial charge in [-0.25, -0.2) is 0 Å². The number of aliphatic hydroxyl groups is 2. The quantitative estimate of drug-likeness (QED) is 0.369. The van der Waals surface area contributed by atoms with E-state index in [-0.39, 0.29) is 17.1 Å². The molecule has 0 aromatic rings. The second-order valence-electron chi connectivity index (χ2n) is 7.60. The average Bonchev–Trinajstić information content (AvgIpc) is 2.87. The molecular weight excluding hydrogens is 284 g/mol. The maximum absolute atomic E-state index is 10.4. The van der Waals surface area contributed by atoms with Gasteiger partial charge >= 0.3 is 0 Å². The van der Waals surface area contributed by atoms with Crippen molar-refractivity contribution in [3.8, 4) is 0 Å². The summed E-state index contributed by atoms with van der Waals surface area (Å²) in [7, 11) is 0. The molecule has 0 aromatic heterocycles. The number of morpholine rings is 1.